The summed E-state index contributed by atoms with van der Waals surface area (Å²) in [5.74, 6) is 0.276. The summed E-state index contributed by atoms with van der Waals surface area (Å²) in [5.41, 5.74) is 0.784. The van der Waals surface area contributed by atoms with Crippen LogP contribution in [0.1, 0.15) is 24.4 Å². The molecule has 1 atom stereocenters. The molecule has 0 spiro atoms. The third-order valence-corrected chi connectivity index (χ3v) is 3.21. The van der Waals surface area contributed by atoms with Crippen molar-refractivity contribution in [2.24, 2.45) is 0 Å². The van der Waals surface area contributed by atoms with E-state index in [-0.39, 0.29) is 18.4 Å². The lowest BCUT2D eigenvalue weighted by Crippen LogP contribution is -2.28. The van der Waals surface area contributed by atoms with Crippen LogP contribution in [0.4, 0.5) is 0 Å². The Morgan fingerprint density at radius 3 is 2.84 bits per heavy atom. The lowest BCUT2D eigenvalue weighted by molar-refractivity contribution is -0.121. The van der Waals surface area contributed by atoms with Gasteiger partial charge in [0.25, 0.3) is 0 Å². The first-order valence-electron chi connectivity index (χ1n) is 5.53. The summed E-state index contributed by atoms with van der Waals surface area (Å²) >= 11 is 11.7. The van der Waals surface area contributed by atoms with Crippen molar-refractivity contribution < 1.29 is 4.79 Å². The number of H-pyrrole nitrogens is 1. The molecule has 100 valence electrons. The van der Waals surface area contributed by atoms with Gasteiger partial charge in [0, 0.05) is 0 Å². The highest BCUT2D eigenvalue weighted by Crippen LogP contribution is 2.22. The molecule has 1 aromatic carbocycles. The summed E-state index contributed by atoms with van der Waals surface area (Å²) in [6, 6.07) is 4.78. The lowest BCUT2D eigenvalue weighted by atomic mass is 10.1. The maximum absolute atomic E-state index is 11.8. The van der Waals surface area contributed by atoms with Crippen LogP contribution in [0, 0.1) is 0 Å². The average Bonchev–Trinajstić information content (AvgIpc) is 2.87. The molecular weight excluding hydrogens is 289 g/mol. The van der Waals surface area contributed by atoms with Crippen LogP contribution < -0.4 is 5.32 Å². The third kappa shape index (κ3) is 3.65. The second-order valence-corrected chi connectivity index (χ2v) is 4.80. The number of tetrazole rings is 1. The highest BCUT2D eigenvalue weighted by molar-refractivity contribution is 6.42. The Bertz CT molecular complexity index is 572. The number of nitrogens with zero attached hydrogens (tertiary/aromatic N) is 3. The van der Waals surface area contributed by atoms with Crippen molar-refractivity contribution in [3.63, 3.8) is 0 Å². The molecule has 1 unspecified atom stereocenters. The normalized spacial score (nSPS) is 12.2. The standard InChI is InChI=1S/C11H11Cl2N5O/c1-6(11-15-17-18-16-11)14-10(19)5-7-2-3-8(12)9(13)4-7/h2-4,6H,5H2,1H3,(H,14,19)(H,15,16,17,18). The summed E-state index contributed by atoms with van der Waals surface area (Å²) in [4.78, 5) is 11.8. The fourth-order valence-corrected chi connectivity index (χ4v) is 1.87. The van der Waals surface area contributed by atoms with Crippen LogP contribution in [0.15, 0.2) is 18.2 Å². The van der Waals surface area contributed by atoms with E-state index in [2.05, 4.69) is 25.9 Å². The fourth-order valence-electron chi connectivity index (χ4n) is 1.55. The topological polar surface area (TPSA) is 83.6 Å². The predicted octanol–water partition coefficient (Wildman–Crippen LogP) is 1.93. The van der Waals surface area contributed by atoms with Crippen molar-refractivity contribution >= 4 is 29.1 Å². The van der Waals surface area contributed by atoms with Crippen LogP contribution in [0.3, 0.4) is 0 Å². The van der Waals surface area contributed by atoms with Crippen LogP contribution in [0.5, 0.6) is 0 Å². The maximum Gasteiger partial charge on any atom is 0.225 e. The molecule has 2 aromatic rings. The zero-order chi connectivity index (χ0) is 13.8. The molecule has 0 saturated heterocycles. The number of carbonyl (C=O) groups excluding carboxylic acids is 1. The van der Waals surface area contributed by atoms with Crippen molar-refractivity contribution in [3.05, 3.63) is 39.6 Å². The van der Waals surface area contributed by atoms with E-state index < -0.39 is 0 Å². The molecule has 0 aliphatic carbocycles. The smallest absolute Gasteiger partial charge is 0.225 e. The minimum absolute atomic E-state index is 0.157. The summed E-state index contributed by atoms with van der Waals surface area (Å²) < 4.78 is 0. The molecule has 19 heavy (non-hydrogen) atoms. The van der Waals surface area contributed by atoms with Gasteiger partial charge >= 0.3 is 0 Å². The average molecular weight is 300 g/mol. The van der Waals surface area contributed by atoms with E-state index in [1.54, 1.807) is 25.1 Å². The minimum Gasteiger partial charge on any atom is -0.346 e. The molecule has 2 rings (SSSR count). The lowest BCUT2D eigenvalue weighted by Gasteiger charge is -2.10. The van der Waals surface area contributed by atoms with E-state index in [0.717, 1.165) is 5.56 Å². The number of aromatic amines is 1. The van der Waals surface area contributed by atoms with Crippen LogP contribution >= 0.6 is 23.2 Å². The zero-order valence-corrected chi connectivity index (χ0v) is 11.5. The van der Waals surface area contributed by atoms with Crippen LogP contribution in [0.25, 0.3) is 0 Å². The maximum atomic E-state index is 11.8. The van der Waals surface area contributed by atoms with Crippen LogP contribution in [0.2, 0.25) is 10.0 Å². The van der Waals surface area contributed by atoms with Crippen molar-refractivity contribution in [1.82, 2.24) is 25.9 Å². The van der Waals surface area contributed by atoms with Gasteiger partial charge < -0.3 is 5.32 Å². The molecular formula is C11H11Cl2N5O. The van der Waals surface area contributed by atoms with Gasteiger partial charge in [-0.05, 0) is 24.6 Å². The first-order valence-corrected chi connectivity index (χ1v) is 6.28. The largest absolute Gasteiger partial charge is 0.346 e. The van der Waals surface area contributed by atoms with Crippen molar-refractivity contribution in [2.45, 2.75) is 19.4 Å². The molecule has 0 saturated carbocycles. The number of rotatable bonds is 4. The number of hydrogen-bond acceptors (Lipinski definition) is 4. The monoisotopic (exact) mass is 299 g/mol. The molecule has 1 aromatic heterocycles. The molecule has 1 amide bonds. The van der Waals surface area contributed by atoms with Gasteiger partial charge in [0.2, 0.25) is 5.91 Å². The Morgan fingerprint density at radius 1 is 1.42 bits per heavy atom. The molecule has 2 N–H and O–H groups in total. The quantitative estimate of drug-likeness (QED) is 0.903. The number of amides is 1. The molecule has 0 fully saturated rings. The van der Waals surface area contributed by atoms with Gasteiger partial charge in [-0.15, -0.1) is 10.2 Å². The molecule has 0 aliphatic rings. The predicted molar refractivity (Wildman–Crippen MR) is 70.9 cm³/mol. The Labute approximate surface area is 119 Å². The molecule has 0 radical (unpaired) electrons. The Kier molecular flexibility index (Phi) is 4.34. The highest BCUT2D eigenvalue weighted by Gasteiger charge is 2.14. The number of nitrogens with one attached hydrogen (secondary N) is 2. The number of carbonyl (C=O) groups is 1. The van der Waals surface area contributed by atoms with E-state index in [1.807, 2.05) is 0 Å². The van der Waals surface area contributed by atoms with Crippen LogP contribution in [-0.2, 0) is 11.2 Å². The summed E-state index contributed by atoms with van der Waals surface area (Å²) in [6.45, 7) is 1.78. The second-order valence-electron chi connectivity index (χ2n) is 3.98. The molecule has 0 aliphatic heterocycles. The fraction of sp³-hybridized carbons (Fsp3) is 0.273. The minimum atomic E-state index is -0.311. The van der Waals surface area contributed by atoms with Crippen LogP contribution in [-0.4, -0.2) is 26.5 Å². The van der Waals surface area contributed by atoms with E-state index in [0.29, 0.717) is 15.9 Å². The second kappa shape index (κ2) is 5.99. The first-order chi connectivity index (χ1) is 9.06. The summed E-state index contributed by atoms with van der Waals surface area (Å²) in [6.07, 6.45) is 0.207. The molecule has 8 heteroatoms. The number of benzene rings is 1. The van der Waals surface area contributed by atoms with E-state index >= 15 is 0 Å². The number of halogens is 2. The Balaban J connectivity index is 1.95. The van der Waals surface area contributed by atoms with Gasteiger partial charge in [0.15, 0.2) is 5.82 Å². The van der Waals surface area contributed by atoms with E-state index in [9.17, 15) is 4.79 Å². The van der Waals surface area contributed by atoms with E-state index in [4.69, 9.17) is 23.2 Å². The van der Waals surface area contributed by atoms with Gasteiger partial charge in [-0.2, -0.15) is 5.21 Å². The number of hydrogen-bond donors (Lipinski definition) is 2. The molecule has 0 bridgehead atoms. The van der Waals surface area contributed by atoms with Gasteiger partial charge in [0.05, 0.1) is 22.5 Å². The zero-order valence-electron chi connectivity index (χ0n) is 10.0. The Hall–Kier alpha value is -1.66. The number of aromatic nitrogens is 4. The third-order valence-electron chi connectivity index (χ3n) is 2.48. The molecule has 1 heterocycles. The Morgan fingerprint density at radius 2 is 2.21 bits per heavy atom. The summed E-state index contributed by atoms with van der Waals surface area (Å²) in [7, 11) is 0. The van der Waals surface area contributed by atoms with Gasteiger partial charge in [-0.25, -0.2) is 0 Å². The summed E-state index contributed by atoms with van der Waals surface area (Å²) in [5, 5.41) is 17.0. The van der Waals surface area contributed by atoms with Crippen molar-refractivity contribution in [3.8, 4) is 0 Å². The highest BCUT2D eigenvalue weighted by atomic mass is 35.5. The van der Waals surface area contributed by atoms with Gasteiger partial charge in [-0.1, -0.05) is 34.5 Å². The van der Waals surface area contributed by atoms with E-state index in [1.165, 1.54) is 0 Å². The SMILES string of the molecule is CC(NC(=O)Cc1ccc(Cl)c(Cl)c1)c1nn[nH]n1. The van der Waals surface area contributed by atoms with Crippen molar-refractivity contribution in [1.29, 1.82) is 0 Å². The van der Waals surface area contributed by atoms with Gasteiger partial charge in [-0.3, -0.25) is 4.79 Å². The van der Waals surface area contributed by atoms with Gasteiger partial charge in [0.1, 0.15) is 0 Å². The first kappa shape index (κ1) is 13.8. The molecule has 6 nitrogen and oxygen atoms in total. The van der Waals surface area contributed by atoms with Crippen molar-refractivity contribution in [2.75, 3.05) is 0 Å².